The molecule has 3 rings (SSSR count). The van der Waals surface area contributed by atoms with Crippen LogP contribution in [0.1, 0.15) is 16.5 Å². The smallest absolute Gasteiger partial charge is 0.131 e. The summed E-state index contributed by atoms with van der Waals surface area (Å²) in [6.45, 7) is 3.83. The fraction of sp³-hybridized carbons (Fsp3) is 0.412. The summed E-state index contributed by atoms with van der Waals surface area (Å²) in [5.41, 5.74) is 0.970. The molecular weight excluding hydrogens is 383 g/mol. The summed E-state index contributed by atoms with van der Waals surface area (Å²) in [6.07, 6.45) is 0. The van der Waals surface area contributed by atoms with Crippen molar-refractivity contribution in [1.29, 1.82) is 0 Å². The van der Waals surface area contributed by atoms with Crippen molar-refractivity contribution in [3.05, 3.63) is 40.1 Å². The van der Waals surface area contributed by atoms with Crippen LogP contribution in [0.25, 0.3) is 0 Å². The molecule has 1 aliphatic rings. The van der Waals surface area contributed by atoms with Gasteiger partial charge in [0, 0.05) is 43.2 Å². The van der Waals surface area contributed by atoms with Crippen molar-refractivity contribution in [3.8, 4) is 17.2 Å². The lowest BCUT2D eigenvalue weighted by atomic mass is 10.00. The Morgan fingerprint density at radius 3 is 2.20 bits per heavy atom. The van der Waals surface area contributed by atoms with Crippen molar-refractivity contribution < 1.29 is 14.6 Å². The second-order valence-electron chi connectivity index (χ2n) is 5.47. The van der Waals surface area contributed by atoms with Crippen LogP contribution in [0.5, 0.6) is 17.2 Å². The molecule has 0 bridgehead atoms. The highest BCUT2D eigenvalue weighted by molar-refractivity contribution is 7.10. The van der Waals surface area contributed by atoms with Crippen LogP contribution in [0, 0.1) is 0 Å². The van der Waals surface area contributed by atoms with Crippen molar-refractivity contribution in [2.75, 3.05) is 40.4 Å². The quantitative estimate of drug-likeness (QED) is 0.797. The maximum Gasteiger partial charge on any atom is 0.131 e. The zero-order valence-electron chi connectivity index (χ0n) is 14.2. The van der Waals surface area contributed by atoms with Gasteiger partial charge in [0.1, 0.15) is 17.2 Å². The Morgan fingerprint density at radius 1 is 1.12 bits per heavy atom. The molecular formula is C17H24Cl2N2O3S. The number of methoxy groups -OCH3 is 2. The lowest BCUT2D eigenvalue weighted by Gasteiger charge is -2.36. The zero-order valence-corrected chi connectivity index (χ0v) is 16.7. The molecule has 1 aromatic heterocycles. The second kappa shape index (κ2) is 10.1. The standard InChI is InChI=1S/C17H22N2O3S.2ClH/c1-21-13-10-12(20)11-14(22-2)16(13)17(15-4-3-9-23-15)19-7-5-18-6-8-19;;/h3-4,9-11,17-18,20H,5-8H2,1-2H3;2*1H/t17-;;/m0../s1. The lowest BCUT2D eigenvalue weighted by molar-refractivity contribution is 0.194. The summed E-state index contributed by atoms with van der Waals surface area (Å²) in [7, 11) is 3.25. The van der Waals surface area contributed by atoms with Gasteiger partial charge in [-0.05, 0) is 11.4 Å². The largest absolute Gasteiger partial charge is 0.508 e. The Hall–Kier alpha value is -1.18. The van der Waals surface area contributed by atoms with Gasteiger partial charge in [0.2, 0.25) is 0 Å². The van der Waals surface area contributed by atoms with Gasteiger partial charge in [0.05, 0.1) is 25.8 Å². The highest BCUT2D eigenvalue weighted by Crippen LogP contribution is 2.44. The molecule has 1 fully saturated rings. The van der Waals surface area contributed by atoms with Crippen LogP contribution in [0.4, 0.5) is 0 Å². The predicted octanol–water partition coefficient (Wildman–Crippen LogP) is 3.31. The van der Waals surface area contributed by atoms with Gasteiger partial charge in [-0.25, -0.2) is 0 Å². The average Bonchev–Trinajstić information content (AvgIpc) is 3.11. The molecule has 0 radical (unpaired) electrons. The van der Waals surface area contributed by atoms with Gasteiger partial charge >= 0.3 is 0 Å². The fourth-order valence-corrected chi connectivity index (χ4v) is 3.95. The van der Waals surface area contributed by atoms with E-state index in [9.17, 15) is 5.11 Å². The van der Waals surface area contributed by atoms with E-state index in [1.54, 1.807) is 37.7 Å². The molecule has 0 aliphatic carbocycles. The Balaban J connectivity index is 0.00000156. The van der Waals surface area contributed by atoms with Crippen LogP contribution in [0.15, 0.2) is 29.6 Å². The highest BCUT2D eigenvalue weighted by Gasteiger charge is 2.30. The third-order valence-corrected chi connectivity index (χ3v) is 5.06. The van der Waals surface area contributed by atoms with Crippen molar-refractivity contribution in [1.82, 2.24) is 10.2 Å². The molecule has 0 spiro atoms. The van der Waals surface area contributed by atoms with Crippen LogP contribution in [-0.4, -0.2) is 50.4 Å². The number of nitrogens with zero attached hydrogens (tertiary/aromatic N) is 1. The van der Waals surface area contributed by atoms with Crippen LogP contribution in [-0.2, 0) is 0 Å². The van der Waals surface area contributed by atoms with E-state index in [4.69, 9.17) is 9.47 Å². The summed E-state index contributed by atoms with van der Waals surface area (Å²) in [4.78, 5) is 3.67. The third kappa shape index (κ3) is 4.71. The number of benzene rings is 1. The maximum absolute atomic E-state index is 9.92. The van der Waals surface area contributed by atoms with Gasteiger partial charge in [0.15, 0.2) is 0 Å². The molecule has 25 heavy (non-hydrogen) atoms. The van der Waals surface area contributed by atoms with Crippen molar-refractivity contribution in [2.45, 2.75) is 6.04 Å². The van der Waals surface area contributed by atoms with Crippen LogP contribution in [0.2, 0.25) is 0 Å². The van der Waals surface area contributed by atoms with Gasteiger partial charge in [-0.15, -0.1) is 36.2 Å². The van der Waals surface area contributed by atoms with Gasteiger partial charge in [-0.3, -0.25) is 4.90 Å². The SMILES string of the molecule is COc1cc(O)cc(OC)c1[C@H](c1cccs1)N1CCNCC1.Cl.Cl. The molecule has 2 N–H and O–H groups in total. The van der Waals surface area contributed by atoms with E-state index in [0.717, 1.165) is 31.7 Å². The predicted molar refractivity (Wildman–Crippen MR) is 106 cm³/mol. The van der Waals surface area contributed by atoms with Gasteiger partial charge in [-0.1, -0.05) is 6.07 Å². The van der Waals surface area contributed by atoms with Crippen LogP contribution < -0.4 is 14.8 Å². The molecule has 2 heterocycles. The minimum atomic E-state index is 0. The molecule has 1 aromatic carbocycles. The first-order valence-corrected chi connectivity index (χ1v) is 8.55. The van der Waals surface area contributed by atoms with Gasteiger partial charge in [0.25, 0.3) is 0 Å². The molecule has 0 unspecified atom stereocenters. The summed E-state index contributed by atoms with van der Waals surface area (Å²) in [6, 6.07) is 7.57. The first kappa shape index (κ1) is 21.9. The average molecular weight is 407 g/mol. The second-order valence-corrected chi connectivity index (χ2v) is 6.45. The molecule has 2 aromatic rings. The van der Waals surface area contributed by atoms with Gasteiger partial charge in [-0.2, -0.15) is 0 Å². The number of hydrogen-bond donors (Lipinski definition) is 2. The van der Waals surface area contributed by atoms with Gasteiger partial charge < -0.3 is 19.9 Å². The number of hydrogen-bond acceptors (Lipinski definition) is 6. The highest BCUT2D eigenvalue weighted by atomic mass is 35.5. The van der Waals surface area contributed by atoms with E-state index in [2.05, 4.69) is 27.7 Å². The number of thiophene rings is 1. The Labute approximate surface area is 164 Å². The molecule has 5 nitrogen and oxygen atoms in total. The number of nitrogens with one attached hydrogen (secondary N) is 1. The number of ether oxygens (including phenoxy) is 2. The van der Waals surface area contributed by atoms with Crippen LogP contribution in [0.3, 0.4) is 0 Å². The summed E-state index contributed by atoms with van der Waals surface area (Å²) >= 11 is 1.73. The van der Waals surface area contributed by atoms with Crippen LogP contribution >= 0.6 is 36.2 Å². The fourth-order valence-electron chi connectivity index (χ4n) is 3.09. The van der Waals surface area contributed by atoms with E-state index in [1.165, 1.54) is 4.88 Å². The van der Waals surface area contributed by atoms with E-state index < -0.39 is 0 Å². The Kier molecular flexibility index (Phi) is 8.82. The first-order chi connectivity index (χ1) is 11.2. The molecule has 1 saturated heterocycles. The minimum Gasteiger partial charge on any atom is -0.508 e. The monoisotopic (exact) mass is 406 g/mol. The lowest BCUT2D eigenvalue weighted by Crippen LogP contribution is -2.45. The van der Waals surface area contributed by atoms with E-state index in [-0.39, 0.29) is 36.6 Å². The summed E-state index contributed by atoms with van der Waals surface area (Å²) in [5, 5.41) is 15.4. The van der Waals surface area contributed by atoms with E-state index >= 15 is 0 Å². The number of aromatic hydroxyl groups is 1. The first-order valence-electron chi connectivity index (χ1n) is 7.67. The molecule has 0 amide bonds. The molecule has 1 atom stereocenters. The number of rotatable bonds is 5. The van der Waals surface area contributed by atoms with E-state index in [1.807, 2.05) is 0 Å². The zero-order chi connectivity index (χ0) is 16.2. The minimum absolute atomic E-state index is 0. The van der Waals surface area contributed by atoms with Crippen molar-refractivity contribution in [3.63, 3.8) is 0 Å². The molecule has 1 aliphatic heterocycles. The van der Waals surface area contributed by atoms with Crippen molar-refractivity contribution in [2.24, 2.45) is 0 Å². The number of phenolic OH excluding ortho intramolecular Hbond substituents is 1. The Bertz CT molecular complexity index is 624. The topological polar surface area (TPSA) is 54.0 Å². The third-order valence-electron chi connectivity index (χ3n) is 4.13. The number of phenols is 1. The maximum atomic E-state index is 9.92. The number of halogens is 2. The van der Waals surface area contributed by atoms with Crippen molar-refractivity contribution >= 4 is 36.2 Å². The normalized spacial score (nSPS) is 15.6. The molecule has 0 saturated carbocycles. The van der Waals surface area contributed by atoms with E-state index in [0.29, 0.717) is 11.5 Å². The molecule has 140 valence electrons. The number of piperazine rings is 1. The summed E-state index contributed by atoms with van der Waals surface area (Å²) in [5.74, 6) is 1.45. The summed E-state index contributed by atoms with van der Waals surface area (Å²) < 4.78 is 11.1. The molecule has 8 heteroatoms. The Morgan fingerprint density at radius 2 is 1.72 bits per heavy atom.